The Hall–Kier alpha value is -1.14. The number of hydrogen-bond donors (Lipinski definition) is 1. The van der Waals surface area contributed by atoms with Gasteiger partial charge in [-0.2, -0.15) is 13.2 Å². The zero-order valence-corrected chi connectivity index (χ0v) is 7.92. The summed E-state index contributed by atoms with van der Waals surface area (Å²) in [5.74, 6) is 0. The molecule has 6 heteroatoms. The molecule has 0 bridgehead atoms. The van der Waals surface area contributed by atoms with Crippen molar-refractivity contribution in [2.75, 3.05) is 6.61 Å². The van der Waals surface area contributed by atoms with Crippen molar-refractivity contribution in [2.45, 2.75) is 19.3 Å². The van der Waals surface area contributed by atoms with Crippen LogP contribution < -0.4 is 5.73 Å². The van der Waals surface area contributed by atoms with Gasteiger partial charge in [-0.1, -0.05) is 6.07 Å². The monoisotopic (exact) mass is 220 g/mol. The van der Waals surface area contributed by atoms with Crippen molar-refractivity contribution < 1.29 is 17.9 Å². The van der Waals surface area contributed by atoms with Gasteiger partial charge in [0.25, 0.3) is 0 Å². The van der Waals surface area contributed by atoms with Crippen LogP contribution in [-0.4, -0.2) is 17.8 Å². The number of halogens is 3. The standard InChI is InChI=1S/C9H11F3N2O/c10-9(11,12)6-15-5-7-2-1-3-14-8(7)4-13/h1-3H,4-6,13H2. The maximum atomic E-state index is 11.8. The van der Waals surface area contributed by atoms with Gasteiger partial charge in [-0.05, 0) is 6.07 Å². The van der Waals surface area contributed by atoms with Crippen LogP contribution in [0.3, 0.4) is 0 Å². The highest BCUT2D eigenvalue weighted by molar-refractivity contribution is 5.18. The Morgan fingerprint density at radius 2 is 2.13 bits per heavy atom. The van der Waals surface area contributed by atoms with E-state index in [9.17, 15) is 13.2 Å². The first-order chi connectivity index (χ1) is 7.03. The van der Waals surface area contributed by atoms with Gasteiger partial charge in [-0.3, -0.25) is 4.98 Å². The number of nitrogens with zero attached hydrogens (tertiary/aromatic N) is 1. The first-order valence-electron chi connectivity index (χ1n) is 4.30. The van der Waals surface area contributed by atoms with E-state index < -0.39 is 12.8 Å². The first kappa shape index (κ1) is 11.9. The van der Waals surface area contributed by atoms with Crippen molar-refractivity contribution in [2.24, 2.45) is 5.73 Å². The number of pyridine rings is 1. The van der Waals surface area contributed by atoms with E-state index in [1.54, 1.807) is 12.1 Å². The second kappa shape index (κ2) is 5.09. The molecular weight excluding hydrogens is 209 g/mol. The van der Waals surface area contributed by atoms with E-state index in [2.05, 4.69) is 9.72 Å². The van der Waals surface area contributed by atoms with Gasteiger partial charge in [-0.25, -0.2) is 0 Å². The van der Waals surface area contributed by atoms with E-state index in [0.717, 1.165) is 0 Å². The highest BCUT2D eigenvalue weighted by Crippen LogP contribution is 2.16. The normalized spacial score (nSPS) is 11.7. The average molecular weight is 220 g/mol. The highest BCUT2D eigenvalue weighted by Gasteiger charge is 2.27. The third-order valence-corrected chi connectivity index (χ3v) is 1.70. The molecule has 0 spiro atoms. The molecule has 2 N–H and O–H groups in total. The number of nitrogens with two attached hydrogens (primary N) is 1. The predicted octanol–water partition coefficient (Wildman–Crippen LogP) is 1.62. The Kier molecular flexibility index (Phi) is 4.05. The third-order valence-electron chi connectivity index (χ3n) is 1.70. The van der Waals surface area contributed by atoms with Crippen LogP contribution in [0.4, 0.5) is 13.2 Å². The van der Waals surface area contributed by atoms with Crippen molar-refractivity contribution in [1.82, 2.24) is 4.98 Å². The molecule has 0 saturated carbocycles. The molecule has 0 saturated heterocycles. The van der Waals surface area contributed by atoms with Crippen LogP contribution in [0.25, 0.3) is 0 Å². The van der Waals surface area contributed by atoms with E-state index in [1.165, 1.54) is 6.20 Å². The minimum absolute atomic E-state index is 0.125. The van der Waals surface area contributed by atoms with Crippen LogP contribution in [0.5, 0.6) is 0 Å². The summed E-state index contributed by atoms with van der Waals surface area (Å²) >= 11 is 0. The van der Waals surface area contributed by atoms with Crippen LogP contribution >= 0.6 is 0 Å². The van der Waals surface area contributed by atoms with Crippen LogP contribution in [0.15, 0.2) is 18.3 Å². The van der Waals surface area contributed by atoms with Crippen molar-refractivity contribution in [3.8, 4) is 0 Å². The molecule has 0 amide bonds. The fraction of sp³-hybridized carbons (Fsp3) is 0.444. The lowest BCUT2D eigenvalue weighted by molar-refractivity contribution is -0.176. The Balaban J connectivity index is 2.50. The Labute approximate surface area is 85.1 Å². The predicted molar refractivity (Wildman–Crippen MR) is 47.8 cm³/mol. The van der Waals surface area contributed by atoms with E-state index in [-0.39, 0.29) is 13.2 Å². The number of aromatic nitrogens is 1. The molecular formula is C9H11F3N2O. The number of rotatable bonds is 4. The summed E-state index contributed by atoms with van der Waals surface area (Å²) < 4.78 is 39.8. The summed E-state index contributed by atoms with van der Waals surface area (Å²) in [6.45, 7) is -1.20. The summed E-state index contributed by atoms with van der Waals surface area (Å²) in [7, 11) is 0. The zero-order chi connectivity index (χ0) is 11.3. The Bertz CT molecular complexity index is 314. The fourth-order valence-electron chi connectivity index (χ4n) is 1.06. The number of alkyl halides is 3. The van der Waals surface area contributed by atoms with Crippen LogP contribution in [-0.2, 0) is 17.9 Å². The summed E-state index contributed by atoms with van der Waals surface area (Å²) in [6, 6.07) is 3.27. The molecule has 1 aromatic rings. The van der Waals surface area contributed by atoms with Crippen molar-refractivity contribution in [1.29, 1.82) is 0 Å². The van der Waals surface area contributed by atoms with Gasteiger partial charge in [0, 0.05) is 18.3 Å². The molecule has 0 aliphatic rings. The summed E-state index contributed by atoms with van der Waals surface area (Å²) in [5, 5.41) is 0. The highest BCUT2D eigenvalue weighted by atomic mass is 19.4. The smallest absolute Gasteiger partial charge is 0.367 e. The fourth-order valence-corrected chi connectivity index (χ4v) is 1.06. The van der Waals surface area contributed by atoms with Gasteiger partial charge in [0.1, 0.15) is 6.61 Å². The quantitative estimate of drug-likeness (QED) is 0.838. The molecule has 0 aliphatic heterocycles. The summed E-state index contributed by atoms with van der Waals surface area (Å²) in [4.78, 5) is 3.93. The van der Waals surface area contributed by atoms with E-state index in [0.29, 0.717) is 11.3 Å². The summed E-state index contributed by atoms with van der Waals surface area (Å²) in [5.41, 5.74) is 6.51. The molecule has 1 aromatic heterocycles. The minimum atomic E-state index is -4.30. The molecule has 84 valence electrons. The molecule has 1 heterocycles. The van der Waals surface area contributed by atoms with Gasteiger partial charge in [0.05, 0.1) is 12.3 Å². The Morgan fingerprint density at radius 3 is 2.73 bits per heavy atom. The van der Waals surface area contributed by atoms with E-state index in [1.807, 2.05) is 0 Å². The Morgan fingerprint density at radius 1 is 1.40 bits per heavy atom. The van der Waals surface area contributed by atoms with Gasteiger partial charge in [-0.15, -0.1) is 0 Å². The zero-order valence-electron chi connectivity index (χ0n) is 7.92. The van der Waals surface area contributed by atoms with Crippen LogP contribution in [0, 0.1) is 0 Å². The van der Waals surface area contributed by atoms with Gasteiger partial charge in [0.15, 0.2) is 0 Å². The average Bonchev–Trinajstić information content (AvgIpc) is 2.16. The second-order valence-corrected chi connectivity index (χ2v) is 2.92. The number of ether oxygens (including phenoxy) is 1. The van der Waals surface area contributed by atoms with Crippen molar-refractivity contribution >= 4 is 0 Å². The van der Waals surface area contributed by atoms with Gasteiger partial charge in [0.2, 0.25) is 0 Å². The molecule has 0 aromatic carbocycles. The van der Waals surface area contributed by atoms with Crippen molar-refractivity contribution in [3.63, 3.8) is 0 Å². The summed E-state index contributed by atoms with van der Waals surface area (Å²) in [6.07, 6.45) is -2.76. The topological polar surface area (TPSA) is 48.1 Å². The molecule has 15 heavy (non-hydrogen) atoms. The minimum Gasteiger partial charge on any atom is -0.367 e. The largest absolute Gasteiger partial charge is 0.411 e. The van der Waals surface area contributed by atoms with Crippen LogP contribution in [0.1, 0.15) is 11.3 Å². The number of hydrogen-bond acceptors (Lipinski definition) is 3. The lowest BCUT2D eigenvalue weighted by Crippen LogP contribution is -2.17. The molecule has 0 radical (unpaired) electrons. The van der Waals surface area contributed by atoms with E-state index >= 15 is 0 Å². The molecule has 0 fully saturated rings. The van der Waals surface area contributed by atoms with Crippen molar-refractivity contribution in [3.05, 3.63) is 29.6 Å². The SMILES string of the molecule is NCc1ncccc1COCC(F)(F)F. The maximum Gasteiger partial charge on any atom is 0.411 e. The molecule has 0 aliphatic carbocycles. The molecule has 0 atom stereocenters. The van der Waals surface area contributed by atoms with Gasteiger partial charge < -0.3 is 10.5 Å². The first-order valence-corrected chi connectivity index (χ1v) is 4.30. The lowest BCUT2D eigenvalue weighted by Gasteiger charge is -2.09. The maximum absolute atomic E-state index is 11.8. The molecule has 3 nitrogen and oxygen atoms in total. The van der Waals surface area contributed by atoms with Crippen LogP contribution in [0.2, 0.25) is 0 Å². The van der Waals surface area contributed by atoms with E-state index in [4.69, 9.17) is 5.73 Å². The van der Waals surface area contributed by atoms with Gasteiger partial charge >= 0.3 is 6.18 Å². The third kappa shape index (κ3) is 4.26. The lowest BCUT2D eigenvalue weighted by atomic mass is 10.2. The second-order valence-electron chi connectivity index (χ2n) is 2.92. The molecule has 1 rings (SSSR count). The molecule has 0 unspecified atom stereocenters.